The van der Waals surface area contributed by atoms with E-state index in [4.69, 9.17) is 9.47 Å². The molecule has 0 aromatic carbocycles. The van der Waals surface area contributed by atoms with Gasteiger partial charge in [-0.05, 0) is 18.8 Å². The topological polar surface area (TPSA) is 35.5 Å². The Morgan fingerprint density at radius 1 is 1.36 bits per heavy atom. The first-order chi connectivity index (χ1) is 6.38. The lowest BCUT2D eigenvalue weighted by atomic mass is 9.90. The zero-order chi connectivity index (χ0) is 11.2. The predicted molar refractivity (Wildman–Crippen MR) is 56.3 cm³/mol. The van der Waals surface area contributed by atoms with E-state index in [1.165, 1.54) is 0 Å². The van der Waals surface area contributed by atoms with Crippen LogP contribution in [0.15, 0.2) is 0 Å². The Kier molecular flexibility index (Phi) is 5.58. The lowest BCUT2D eigenvalue weighted by Gasteiger charge is -2.26. The Morgan fingerprint density at radius 2 is 1.93 bits per heavy atom. The van der Waals surface area contributed by atoms with Crippen molar-refractivity contribution in [3.63, 3.8) is 0 Å². The molecule has 0 radical (unpaired) electrons. The molecule has 0 rings (SSSR count). The zero-order valence-electron chi connectivity index (χ0n) is 9.92. The predicted octanol–water partition coefficient (Wildman–Crippen LogP) is 3.37. The van der Waals surface area contributed by atoms with Gasteiger partial charge in [0.1, 0.15) is 6.10 Å². The summed E-state index contributed by atoms with van der Waals surface area (Å²) >= 11 is 0. The van der Waals surface area contributed by atoms with Gasteiger partial charge in [-0.3, -0.25) is 0 Å². The summed E-state index contributed by atoms with van der Waals surface area (Å²) in [6.45, 7) is 10.4. The van der Waals surface area contributed by atoms with Crippen molar-refractivity contribution in [2.24, 2.45) is 5.41 Å². The van der Waals surface area contributed by atoms with Gasteiger partial charge in [-0.15, -0.1) is 0 Å². The molecule has 0 N–H and O–H groups in total. The van der Waals surface area contributed by atoms with Gasteiger partial charge in [-0.1, -0.05) is 34.1 Å². The first-order valence-corrected chi connectivity index (χ1v) is 5.21. The summed E-state index contributed by atoms with van der Waals surface area (Å²) in [7, 11) is 0. The summed E-state index contributed by atoms with van der Waals surface area (Å²) < 4.78 is 9.99. The molecule has 0 aromatic rings. The molecule has 0 spiro atoms. The van der Waals surface area contributed by atoms with Crippen molar-refractivity contribution in [2.75, 3.05) is 6.61 Å². The number of carbonyl (C=O) groups is 1. The molecule has 0 saturated heterocycles. The second-order valence-corrected chi connectivity index (χ2v) is 4.58. The molecule has 0 aromatic heterocycles. The highest BCUT2D eigenvalue weighted by Crippen LogP contribution is 2.21. The average Bonchev–Trinajstić information content (AvgIpc) is 2.03. The summed E-state index contributed by atoms with van der Waals surface area (Å²) in [4.78, 5) is 11.1. The normalized spacial score (nSPS) is 13.5. The minimum absolute atomic E-state index is 0.0379. The number of carbonyl (C=O) groups excluding carboxylic acids is 1. The van der Waals surface area contributed by atoms with Crippen molar-refractivity contribution in [3.8, 4) is 0 Å². The molecule has 0 saturated carbocycles. The van der Waals surface area contributed by atoms with Gasteiger partial charge in [0.05, 0.1) is 6.61 Å². The van der Waals surface area contributed by atoms with Crippen LogP contribution in [0.3, 0.4) is 0 Å². The van der Waals surface area contributed by atoms with E-state index in [0.29, 0.717) is 6.61 Å². The van der Waals surface area contributed by atoms with Gasteiger partial charge in [0, 0.05) is 0 Å². The molecule has 0 unspecified atom stereocenters. The monoisotopic (exact) mass is 202 g/mol. The number of rotatable bonds is 4. The molecule has 0 aliphatic rings. The Morgan fingerprint density at radius 3 is 2.36 bits per heavy atom. The Balaban J connectivity index is 3.72. The molecular weight excluding hydrogens is 180 g/mol. The lowest BCUT2D eigenvalue weighted by molar-refractivity contribution is -0.00881. The van der Waals surface area contributed by atoms with Gasteiger partial charge in [0.2, 0.25) is 0 Å². The van der Waals surface area contributed by atoms with Crippen LogP contribution >= 0.6 is 0 Å². The largest absolute Gasteiger partial charge is 0.508 e. The van der Waals surface area contributed by atoms with Gasteiger partial charge in [-0.25, -0.2) is 4.79 Å². The van der Waals surface area contributed by atoms with Crippen molar-refractivity contribution < 1.29 is 14.3 Å². The maximum Gasteiger partial charge on any atom is 0.508 e. The molecule has 0 fully saturated rings. The van der Waals surface area contributed by atoms with Crippen molar-refractivity contribution in [2.45, 2.75) is 53.6 Å². The second kappa shape index (κ2) is 5.89. The Bertz CT molecular complexity index is 170. The number of unbranched alkanes of at least 4 members (excludes halogenated alkanes) is 1. The first kappa shape index (κ1) is 13.3. The maximum absolute atomic E-state index is 11.1. The Labute approximate surface area is 86.8 Å². The lowest BCUT2D eigenvalue weighted by Crippen LogP contribution is -2.29. The third-order valence-corrected chi connectivity index (χ3v) is 2.21. The zero-order valence-corrected chi connectivity index (χ0v) is 9.92. The highest BCUT2D eigenvalue weighted by Gasteiger charge is 2.24. The summed E-state index contributed by atoms with van der Waals surface area (Å²) in [6.07, 6.45) is 1.22. The van der Waals surface area contributed by atoms with Gasteiger partial charge in [0.25, 0.3) is 0 Å². The van der Waals surface area contributed by atoms with E-state index in [0.717, 1.165) is 12.8 Å². The van der Waals surface area contributed by atoms with Crippen LogP contribution in [-0.2, 0) is 9.47 Å². The fourth-order valence-electron chi connectivity index (χ4n) is 0.655. The van der Waals surface area contributed by atoms with Crippen molar-refractivity contribution in [3.05, 3.63) is 0 Å². The fourth-order valence-corrected chi connectivity index (χ4v) is 0.655. The van der Waals surface area contributed by atoms with Crippen LogP contribution in [0.2, 0.25) is 0 Å². The van der Waals surface area contributed by atoms with Gasteiger partial charge in [-0.2, -0.15) is 0 Å². The smallest absolute Gasteiger partial charge is 0.434 e. The SMILES string of the molecule is CCCCOC(=O)O[C@H](C)C(C)(C)C. The van der Waals surface area contributed by atoms with Crippen LogP contribution in [0, 0.1) is 5.41 Å². The van der Waals surface area contributed by atoms with E-state index in [-0.39, 0.29) is 11.5 Å². The van der Waals surface area contributed by atoms with Gasteiger partial charge in [0.15, 0.2) is 0 Å². The van der Waals surface area contributed by atoms with E-state index in [9.17, 15) is 4.79 Å². The number of hydrogen-bond donors (Lipinski definition) is 0. The number of hydrogen-bond acceptors (Lipinski definition) is 3. The van der Waals surface area contributed by atoms with E-state index in [1.54, 1.807) is 0 Å². The average molecular weight is 202 g/mol. The highest BCUT2D eigenvalue weighted by atomic mass is 16.7. The van der Waals surface area contributed by atoms with Crippen LogP contribution in [0.25, 0.3) is 0 Å². The third-order valence-electron chi connectivity index (χ3n) is 2.21. The van der Waals surface area contributed by atoms with Crippen LogP contribution in [0.1, 0.15) is 47.5 Å². The summed E-state index contributed by atoms with van der Waals surface area (Å²) in [5.74, 6) is 0. The molecular formula is C11H22O3. The van der Waals surface area contributed by atoms with E-state index in [2.05, 4.69) is 0 Å². The molecule has 0 aliphatic heterocycles. The molecule has 84 valence electrons. The fraction of sp³-hybridized carbons (Fsp3) is 0.909. The minimum Gasteiger partial charge on any atom is -0.434 e. The maximum atomic E-state index is 11.1. The molecule has 3 heteroatoms. The molecule has 14 heavy (non-hydrogen) atoms. The van der Waals surface area contributed by atoms with Crippen LogP contribution in [0.4, 0.5) is 4.79 Å². The molecule has 0 bridgehead atoms. The summed E-state index contributed by atoms with van der Waals surface area (Å²) in [6, 6.07) is 0. The highest BCUT2D eigenvalue weighted by molar-refractivity contribution is 5.60. The molecule has 3 nitrogen and oxygen atoms in total. The molecule has 0 aliphatic carbocycles. The summed E-state index contributed by atoms with van der Waals surface area (Å²) in [5.41, 5.74) is -0.0379. The molecule has 0 heterocycles. The summed E-state index contributed by atoms with van der Waals surface area (Å²) in [5, 5.41) is 0. The first-order valence-electron chi connectivity index (χ1n) is 5.21. The second-order valence-electron chi connectivity index (χ2n) is 4.58. The van der Waals surface area contributed by atoms with Gasteiger partial charge >= 0.3 is 6.16 Å². The minimum atomic E-state index is -0.555. The van der Waals surface area contributed by atoms with E-state index >= 15 is 0 Å². The van der Waals surface area contributed by atoms with Crippen molar-refractivity contribution >= 4 is 6.16 Å². The van der Waals surface area contributed by atoms with Crippen LogP contribution in [0.5, 0.6) is 0 Å². The number of ether oxygens (including phenoxy) is 2. The van der Waals surface area contributed by atoms with Crippen molar-refractivity contribution in [1.82, 2.24) is 0 Å². The molecule has 0 amide bonds. The Hall–Kier alpha value is -0.730. The standard InChI is InChI=1S/C11H22O3/c1-6-7-8-13-10(12)14-9(2)11(3,4)5/h9H,6-8H2,1-5H3/t9-/m1/s1. The third kappa shape index (κ3) is 5.84. The van der Waals surface area contributed by atoms with Gasteiger partial charge < -0.3 is 9.47 Å². The van der Waals surface area contributed by atoms with E-state index in [1.807, 2.05) is 34.6 Å². The molecule has 1 atom stereocenters. The van der Waals surface area contributed by atoms with E-state index < -0.39 is 6.16 Å². The van der Waals surface area contributed by atoms with Crippen LogP contribution in [-0.4, -0.2) is 18.9 Å². The van der Waals surface area contributed by atoms with Crippen LogP contribution < -0.4 is 0 Å². The quantitative estimate of drug-likeness (QED) is 0.518. The van der Waals surface area contributed by atoms with Crippen molar-refractivity contribution in [1.29, 1.82) is 0 Å².